The summed E-state index contributed by atoms with van der Waals surface area (Å²) in [6, 6.07) is 78.3. The lowest BCUT2D eigenvalue weighted by atomic mass is 9.88. The number of aromatic nitrogens is 3. The number of rotatable bonds is 3. The number of benzene rings is 11. The fourth-order valence-electron chi connectivity index (χ4n) is 11.0. The van der Waals surface area contributed by atoms with Gasteiger partial charge in [0.05, 0.1) is 33.1 Å². The van der Waals surface area contributed by atoms with Crippen LogP contribution in [0.5, 0.6) is 0 Å². The molecule has 0 unspecified atom stereocenters. The Labute approximate surface area is 350 Å². The molecule has 0 saturated heterocycles. The molecule has 0 saturated carbocycles. The van der Waals surface area contributed by atoms with E-state index >= 15 is 0 Å². The molecule has 61 heavy (non-hydrogen) atoms. The van der Waals surface area contributed by atoms with Crippen molar-refractivity contribution in [3.63, 3.8) is 0 Å². The highest BCUT2D eigenvalue weighted by Gasteiger charge is 2.24. The van der Waals surface area contributed by atoms with Crippen LogP contribution in [0.1, 0.15) is 0 Å². The lowest BCUT2D eigenvalue weighted by molar-refractivity contribution is 1.14. The SMILES string of the molecule is c1ccc(-n2c3ccccc3c3ccc4c5ccccc5n(-c5ccc(-n6c7ccccc7c7c8c9ccccc9c9ccccc9c8c8ccccc8c76)cc5)c4c32)cc1. The monoisotopic (exact) mass is 773 g/mol. The quantitative estimate of drug-likeness (QED) is 0.159. The zero-order chi connectivity index (χ0) is 39.8. The third-order valence-corrected chi connectivity index (χ3v) is 13.4. The molecule has 3 nitrogen and oxygen atoms in total. The van der Waals surface area contributed by atoms with Gasteiger partial charge in [0.15, 0.2) is 0 Å². The third kappa shape index (κ3) is 4.31. The van der Waals surface area contributed by atoms with Crippen LogP contribution >= 0.6 is 0 Å². The van der Waals surface area contributed by atoms with Gasteiger partial charge in [0.2, 0.25) is 0 Å². The Morgan fingerprint density at radius 3 is 1.03 bits per heavy atom. The van der Waals surface area contributed by atoms with E-state index in [9.17, 15) is 0 Å². The number of fused-ring (bicyclic) bond motifs is 20. The highest BCUT2D eigenvalue weighted by atomic mass is 15.0. The van der Waals surface area contributed by atoms with Crippen LogP contribution in [-0.2, 0) is 0 Å². The van der Waals surface area contributed by atoms with E-state index in [1.54, 1.807) is 0 Å². The summed E-state index contributed by atoms with van der Waals surface area (Å²) in [7, 11) is 0. The van der Waals surface area contributed by atoms with Gasteiger partial charge in [0, 0.05) is 60.2 Å². The maximum atomic E-state index is 2.51. The lowest BCUT2D eigenvalue weighted by Gasteiger charge is -2.17. The minimum absolute atomic E-state index is 1.13. The van der Waals surface area contributed by atoms with E-state index in [1.165, 1.54) is 109 Å². The van der Waals surface area contributed by atoms with E-state index in [-0.39, 0.29) is 0 Å². The molecule has 0 atom stereocenters. The Morgan fingerprint density at radius 2 is 0.508 bits per heavy atom. The second kappa shape index (κ2) is 12.2. The van der Waals surface area contributed by atoms with Gasteiger partial charge < -0.3 is 13.7 Å². The summed E-state index contributed by atoms with van der Waals surface area (Å²) in [5, 5.41) is 17.9. The molecule has 3 aromatic heterocycles. The molecule has 0 spiro atoms. The van der Waals surface area contributed by atoms with Crippen molar-refractivity contribution in [2.45, 2.75) is 0 Å². The van der Waals surface area contributed by atoms with Crippen LogP contribution in [0, 0.1) is 0 Å². The summed E-state index contributed by atoms with van der Waals surface area (Å²) >= 11 is 0. The molecule has 0 aliphatic heterocycles. The van der Waals surface area contributed by atoms with Crippen LogP contribution in [0.3, 0.4) is 0 Å². The molecule has 0 amide bonds. The standard InChI is InChI=1S/C58H35N3/c1-2-16-36(17-3-1)60-50-27-13-10-20-41(50)47-34-35-48-42-21-11-14-28-51(42)61(58(48)57(47)60)38-32-30-37(31-33-38)59-52-29-15-12-26-49(52)55-54-44-23-7-5-19-40(44)39-18-4-6-22-43(39)53(54)45-24-8-9-25-46(45)56(55)59/h1-35H. The van der Waals surface area contributed by atoms with Crippen LogP contribution < -0.4 is 0 Å². The van der Waals surface area contributed by atoms with Crippen molar-refractivity contribution < 1.29 is 0 Å². The molecule has 0 aliphatic rings. The predicted octanol–water partition coefficient (Wildman–Crippen LogP) is 15.6. The Hall–Kier alpha value is -8.14. The van der Waals surface area contributed by atoms with Crippen LogP contribution in [0.15, 0.2) is 212 Å². The third-order valence-electron chi connectivity index (χ3n) is 13.4. The second-order valence-corrected chi connectivity index (χ2v) is 16.4. The number of hydrogen-bond acceptors (Lipinski definition) is 0. The van der Waals surface area contributed by atoms with Crippen molar-refractivity contribution in [1.82, 2.24) is 13.7 Å². The van der Waals surface area contributed by atoms with Crippen LogP contribution in [0.4, 0.5) is 0 Å². The summed E-state index contributed by atoms with van der Waals surface area (Å²) in [4.78, 5) is 0. The number of para-hydroxylation sites is 4. The average molecular weight is 774 g/mol. The summed E-state index contributed by atoms with van der Waals surface area (Å²) in [5.74, 6) is 0. The Morgan fingerprint density at radius 1 is 0.180 bits per heavy atom. The van der Waals surface area contributed by atoms with Crippen molar-refractivity contribution >= 4 is 109 Å². The molecule has 14 rings (SSSR count). The molecule has 0 N–H and O–H groups in total. The van der Waals surface area contributed by atoms with Crippen molar-refractivity contribution in [3.05, 3.63) is 212 Å². The number of nitrogens with zero attached hydrogens (tertiary/aromatic N) is 3. The molecule has 0 fully saturated rings. The van der Waals surface area contributed by atoms with Gasteiger partial charge in [0.25, 0.3) is 0 Å². The lowest BCUT2D eigenvalue weighted by Crippen LogP contribution is -2.00. The Bertz CT molecular complexity index is 4140. The second-order valence-electron chi connectivity index (χ2n) is 16.4. The van der Waals surface area contributed by atoms with Crippen LogP contribution in [0.25, 0.3) is 126 Å². The average Bonchev–Trinajstić information content (AvgIpc) is 3.98. The fraction of sp³-hybridized carbons (Fsp3) is 0. The van der Waals surface area contributed by atoms with Crippen LogP contribution in [0.2, 0.25) is 0 Å². The summed E-state index contributed by atoms with van der Waals surface area (Å²) in [5.41, 5.74) is 10.7. The van der Waals surface area contributed by atoms with Gasteiger partial charge in [0.1, 0.15) is 0 Å². The van der Waals surface area contributed by atoms with Gasteiger partial charge in [-0.25, -0.2) is 0 Å². The number of hydrogen-bond donors (Lipinski definition) is 0. The van der Waals surface area contributed by atoms with E-state index < -0.39 is 0 Å². The van der Waals surface area contributed by atoms with Gasteiger partial charge >= 0.3 is 0 Å². The first-order valence-corrected chi connectivity index (χ1v) is 21.1. The van der Waals surface area contributed by atoms with E-state index in [0.717, 1.165) is 17.1 Å². The van der Waals surface area contributed by atoms with E-state index in [2.05, 4.69) is 226 Å². The summed E-state index contributed by atoms with van der Waals surface area (Å²) in [6.07, 6.45) is 0. The molecule has 0 bridgehead atoms. The molecule has 11 aromatic carbocycles. The van der Waals surface area contributed by atoms with Gasteiger partial charge in [-0.05, 0) is 86.9 Å². The summed E-state index contributed by atoms with van der Waals surface area (Å²) in [6.45, 7) is 0. The van der Waals surface area contributed by atoms with E-state index in [1.807, 2.05) is 0 Å². The van der Waals surface area contributed by atoms with Gasteiger partial charge in [-0.2, -0.15) is 0 Å². The largest absolute Gasteiger partial charge is 0.309 e. The topological polar surface area (TPSA) is 14.8 Å². The molecular formula is C58H35N3. The molecule has 0 radical (unpaired) electrons. The Balaban J connectivity index is 1.09. The van der Waals surface area contributed by atoms with Crippen molar-refractivity contribution in [2.75, 3.05) is 0 Å². The molecule has 3 heterocycles. The van der Waals surface area contributed by atoms with Gasteiger partial charge in [-0.3, -0.25) is 0 Å². The minimum Gasteiger partial charge on any atom is -0.309 e. The van der Waals surface area contributed by atoms with Crippen molar-refractivity contribution in [2.24, 2.45) is 0 Å². The maximum absolute atomic E-state index is 2.51. The molecule has 0 aliphatic carbocycles. The smallest absolute Gasteiger partial charge is 0.0788 e. The van der Waals surface area contributed by atoms with Gasteiger partial charge in [-0.15, -0.1) is 0 Å². The predicted molar refractivity (Wildman–Crippen MR) is 259 cm³/mol. The minimum atomic E-state index is 1.13. The first kappa shape index (κ1) is 32.8. The van der Waals surface area contributed by atoms with Crippen LogP contribution in [-0.4, -0.2) is 13.7 Å². The highest BCUT2D eigenvalue weighted by Crippen LogP contribution is 2.48. The molecule has 14 aromatic rings. The summed E-state index contributed by atoms with van der Waals surface area (Å²) < 4.78 is 7.45. The zero-order valence-electron chi connectivity index (χ0n) is 33.0. The molecule has 282 valence electrons. The van der Waals surface area contributed by atoms with E-state index in [4.69, 9.17) is 0 Å². The molecule has 3 heteroatoms. The highest BCUT2D eigenvalue weighted by molar-refractivity contribution is 6.42. The first-order valence-electron chi connectivity index (χ1n) is 21.1. The van der Waals surface area contributed by atoms with Crippen molar-refractivity contribution in [3.8, 4) is 17.1 Å². The Kier molecular flexibility index (Phi) is 6.56. The van der Waals surface area contributed by atoms with E-state index in [0.29, 0.717) is 0 Å². The molecular weight excluding hydrogens is 739 g/mol. The fourth-order valence-corrected chi connectivity index (χ4v) is 11.0. The zero-order valence-corrected chi connectivity index (χ0v) is 33.0. The van der Waals surface area contributed by atoms with Crippen molar-refractivity contribution in [1.29, 1.82) is 0 Å². The maximum Gasteiger partial charge on any atom is 0.0788 e. The normalized spacial score (nSPS) is 12.3. The van der Waals surface area contributed by atoms with Gasteiger partial charge in [-0.1, -0.05) is 158 Å². The first-order chi connectivity index (χ1) is 30.3.